The Morgan fingerprint density at radius 3 is 1.88 bits per heavy atom. The van der Waals surface area contributed by atoms with E-state index in [1.54, 1.807) is 0 Å². The van der Waals surface area contributed by atoms with Crippen molar-refractivity contribution in [2.45, 2.75) is 97.8 Å². The summed E-state index contributed by atoms with van der Waals surface area (Å²) in [5.41, 5.74) is 1.88. The lowest BCUT2D eigenvalue weighted by Gasteiger charge is -2.27. The van der Waals surface area contributed by atoms with Gasteiger partial charge in [0, 0.05) is 11.1 Å². The zero-order chi connectivity index (χ0) is 18.4. The molecule has 0 radical (unpaired) electrons. The molecule has 0 aromatic heterocycles. The van der Waals surface area contributed by atoms with Crippen LogP contribution in [0.1, 0.15) is 98.1 Å². The number of hydrogen-bond acceptors (Lipinski definition) is 2. The number of rotatable bonds is 8. The molecule has 0 fully saturated rings. The fourth-order valence-corrected chi connectivity index (χ4v) is 2.94. The van der Waals surface area contributed by atoms with Crippen LogP contribution in [-0.2, 0) is 10.8 Å². The molecule has 0 aliphatic rings. The van der Waals surface area contributed by atoms with Crippen molar-refractivity contribution in [3.05, 3.63) is 23.3 Å². The lowest BCUT2D eigenvalue weighted by Crippen LogP contribution is -2.17. The fourth-order valence-electron chi connectivity index (χ4n) is 2.94. The monoisotopic (exact) mass is 334 g/mol. The van der Waals surface area contributed by atoms with E-state index < -0.39 is 0 Å². The van der Waals surface area contributed by atoms with Gasteiger partial charge in [0.05, 0.1) is 6.61 Å². The van der Waals surface area contributed by atoms with Crippen LogP contribution in [0, 0.1) is 0 Å². The minimum atomic E-state index is -0.0985. The molecule has 24 heavy (non-hydrogen) atoms. The Morgan fingerprint density at radius 1 is 0.792 bits per heavy atom. The fraction of sp³-hybridized carbons (Fsp3) is 0.727. The molecule has 1 N–H and O–H groups in total. The maximum absolute atomic E-state index is 10.5. The van der Waals surface area contributed by atoms with Gasteiger partial charge in [-0.15, -0.1) is 0 Å². The number of phenols is 1. The van der Waals surface area contributed by atoms with Gasteiger partial charge >= 0.3 is 0 Å². The molecule has 0 bridgehead atoms. The average molecular weight is 335 g/mol. The van der Waals surface area contributed by atoms with Crippen LogP contribution in [0.2, 0.25) is 0 Å². The minimum absolute atomic E-state index is 0.0512. The molecular weight excluding hydrogens is 296 g/mol. The number of phenolic OH excluding ortho intramolecular Hbond substituents is 1. The summed E-state index contributed by atoms with van der Waals surface area (Å²) in [7, 11) is 0. The molecule has 138 valence electrons. The molecule has 0 spiro atoms. The summed E-state index contributed by atoms with van der Waals surface area (Å²) in [5, 5.41) is 10.5. The molecule has 0 aliphatic heterocycles. The Labute approximate surface area is 149 Å². The first-order chi connectivity index (χ1) is 11.1. The van der Waals surface area contributed by atoms with Gasteiger partial charge in [-0.1, -0.05) is 80.6 Å². The third kappa shape index (κ3) is 6.37. The second kappa shape index (κ2) is 8.78. The lowest BCUT2D eigenvalue weighted by molar-refractivity contribution is 0.294. The second-order valence-corrected chi connectivity index (χ2v) is 8.98. The van der Waals surface area contributed by atoms with Gasteiger partial charge in [-0.05, 0) is 29.4 Å². The predicted molar refractivity (Wildman–Crippen MR) is 104 cm³/mol. The number of ether oxygens (including phenoxy) is 1. The molecule has 0 amide bonds. The molecule has 0 unspecified atom stereocenters. The van der Waals surface area contributed by atoms with E-state index in [1.165, 1.54) is 32.1 Å². The van der Waals surface area contributed by atoms with E-state index in [0.717, 1.165) is 29.9 Å². The molecule has 1 aromatic rings. The van der Waals surface area contributed by atoms with Crippen molar-refractivity contribution in [1.29, 1.82) is 0 Å². The number of benzene rings is 1. The van der Waals surface area contributed by atoms with E-state index in [0.29, 0.717) is 5.75 Å². The normalized spacial score (nSPS) is 12.5. The van der Waals surface area contributed by atoms with E-state index >= 15 is 0 Å². The predicted octanol–water partition coefficient (Wildman–Crippen LogP) is 6.73. The number of hydrogen-bond donors (Lipinski definition) is 1. The maximum atomic E-state index is 10.5. The van der Waals surface area contributed by atoms with E-state index in [9.17, 15) is 5.11 Å². The maximum Gasteiger partial charge on any atom is 0.123 e. The highest BCUT2D eigenvalue weighted by atomic mass is 16.5. The van der Waals surface area contributed by atoms with Crippen LogP contribution in [0.4, 0.5) is 0 Å². The van der Waals surface area contributed by atoms with Crippen LogP contribution in [0.3, 0.4) is 0 Å². The Kier molecular flexibility index (Phi) is 7.63. The lowest BCUT2D eigenvalue weighted by atomic mass is 9.81. The topological polar surface area (TPSA) is 29.5 Å². The summed E-state index contributed by atoms with van der Waals surface area (Å²) in [4.78, 5) is 0. The highest BCUT2D eigenvalue weighted by molar-refractivity contribution is 5.51. The molecule has 0 saturated heterocycles. The van der Waals surface area contributed by atoms with Crippen molar-refractivity contribution in [2.75, 3.05) is 6.61 Å². The number of aromatic hydroxyl groups is 1. The Hall–Kier alpha value is -1.18. The summed E-state index contributed by atoms with van der Waals surface area (Å²) in [6, 6.07) is 3.95. The van der Waals surface area contributed by atoms with Crippen molar-refractivity contribution < 1.29 is 9.84 Å². The minimum Gasteiger partial charge on any atom is -0.508 e. The molecule has 1 aromatic carbocycles. The second-order valence-electron chi connectivity index (χ2n) is 8.98. The van der Waals surface area contributed by atoms with Crippen molar-refractivity contribution >= 4 is 0 Å². The van der Waals surface area contributed by atoms with Gasteiger partial charge in [0.1, 0.15) is 11.5 Å². The van der Waals surface area contributed by atoms with Crippen LogP contribution in [0.15, 0.2) is 12.1 Å². The van der Waals surface area contributed by atoms with Crippen molar-refractivity contribution in [1.82, 2.24) is 0 Å². The molecular formula is C22H38O2. The number of unbranched alkanes of at least 4 members (excludes halogenated alkanes) is 5. The summed E-state index contributed by atoms with van der Waals surface area (Å²) in [6.07, 6.45) is 7.58. The molecule has 0 heterocycles. The first kappa shape index (κ1) is 20.9. The van der Waals surface area contributed by atoms with Crippen molar-refractivity contribution in [3.8, 4) is 11.5 Å². The summed E-state index contributed by atoms with van der Waals surface area (Å²) in [5.74, 6) is 1.30. The largest absolute Gasteiger partial charge is 0.508 e. The first-order valence-corrected chi connectivity index (χ1v) is 9.58. The van der Waals surface area contributed by atoms with Gasteiger partial charge in [-0.3, -0.25) is 0 Å². The van der Waals surface area contributed by atoms with E-state index in [-0.39, 0.29) is 10.8 Å². The van der Waals surface area contributed by atoms with Gasteiger partial charge in [-0.2, -0.15) is 0 Å². The van der Waals surface area contributed by atoms with E-state index in [2.05, 4.69) is 48.5 Å². The first-order valence-electron chi connectivity index (χ1n) is 9.58. The van der Waals surface area contributed by atoms with Gasteiger partial charge in [0.25, 0.3) is 0 Å². The quantitative estimate of drug-likeness (QED) is 0.534. The van der Waals surface area contributed by atoms with E-state index in [1.807, 2.05) is 12.1 Å². The Balaban J connectivity index is 2.83. The van der Waals surface area contributed by atoms with Crippen LogP contribution in [0.25, 0.3) is 0 Å². The SMILES string of the molecule is CCCCCCCCOc1cc(C(C)(C)C)c(O)cc1C(C)(C)C. The molecule has 2 heteroatoms. The van der Waals surface area contributed by atoms with Gasteiger partial charge in [0.2, 0.25) is 0 Å². The van der Waals surface area contributed by atoms with Gasteiger partial charge in [-0.25, -0.2) is 0 Å². The van der Waals surface area contributed by atoms with Crippen LogP contribution >= 0.6 is 0 Å². The molecule has 1 rings (SSSR count). The zero-order valence-corrected chi connectivity index (χ0v) is 17.0. The smallest absolute Gasteiger partial charge is 0.123 e. The molecule has 0 aliphatic carbocycles. The standard InChI is InChI=1S/C22H38O2/c1-8-9-10-11-12-13-14-24-20-16-17(21(2,3)4)19(23)15-18(20)22(5,6)7/h15-16,23H,8-14H2,1-7H3. The van der Waals surface area contributed by atoms with Crippen LogP contribution < -0.4 is 4.74 Å². The third-order valence-electron chi connectivity index (χ3n) is 4.47. The average Bonchev–Trinajstić information content (AvgIpc) is 2.45. The van der Waals surface area contributed by atoms with Gasteiger partial charge in [0.15, 0.2) is 0 Å². The summed E-state index contributed by atoms with van der Waals surface area (Å²) < 4.78 is 6.15. The highest BCUT2D eigenvalue weighted by Crippen LogP contribution is 2.40. The van der Waals surface area contributed by atoms with Crippen molar-refractivity contribution in [2.24, 2.45) is 0 Å². The van der Waals surface area contributed by atoms with Crippen LogP contribution in [0.5, 0.6) is 11.5 Å². The third-order valence-corrected chi connectivity index (χ3v) is 4.47. The highest BCUT2D eigenvalue weighted by Gasteiger charge is 2.25. The van der Waals surface area contributed by atoms with E-state index in [4.69, 9.17) is 4.74 Å². The molecule has 2 nitrogen and oxygen atoms in total. The van der Waals surface area contributed by atoms with Crippen molar-refractivity contribution in [3.63, 3.8) is 0 Å². The molecule has 0 atom stereocenters. The molecule has 0 saturated carbocycles. The summed E-state index contributed by atoms with van der Waals surface area (Å²) >= 11 is 0. The zero-order valence-electron chi connectivity index (χ0n) is 17.0. The summed E-state index contributed by atoms with van der Waals surface area (Å²) in [6.45, 7) is 15.9. The Morgan fingerprint density at radius 2 is 1.33 bits per heavy atom. The van der Waals surface area contributed by atoms with Gasteiger partial charge < -0.3 is 9.84 Å². The van der Waals surface area contributed by atoms with Crippen LogP contribution in [-0.4, -0.2) is 11.7 Å². The Bertz CT molecular complexity index is 504.